The van der Waals surface area contributed by atoms with Gasteiger partial charge in [-0.25, -0.2) is 0 Å². The van der Waals surface area contributed by atoms with Crippen molar-refractivity contribution in [3.63, 3.8) is 0 Å². The number of rotatable bonds is 14. The molecule has 2 heterocycles. The molecule has 202 valence electrons. The summed E-state index contributed by atoms with van der Waals surface area (Å²) < 4.78 is 13.1. The molecule has 0 fully saturated rings. The summed E-state index contributed by atoms with van der Waals surface area (Å²) in [7, 11) is 5.36. The first-order chi connectivity index (χ1) is 18.5. The Balaban J connectivity index is 1.56. The first-order valence-corrected chi connectivity index (χ1v) is 13.8. The van der Waals surface area contributed by atoms with Gasteiger partial charge in [0.1, 0.15) is 11.5 Å². The topological polar surface area (TPSA) is 61.2 Å². The van der Waals surface area contributed by atoms with Gasteiger partial charge in [-0.3, -0.25) is 9.67 Å². The lowest BCUT2D eigenvalue weighted by Crippen LogP contribution is -2.23. The molecule has 1 unspecified atom stereocenters. The van der Waals surface area contributed by atoms with Crippen LogP contribution in [0.3, 0.4) is 0 Å². The Morgan fingerprint density at radius 2 is 1.55 bits per heavy atom. The second-order valence-corrected chi connectivity index (χ2v) is 10.4. The zero-order chi connectivity index (χ0) is 26.9. The summed E-state index contributed by atoms with van der Waals surface area (Å²) in [5.41, 5.74) is 5.66. The maximum atomic E-state index is 5.61. The Hall–Kier alpha value is -3.38. The third-order valence-electron chi connectivity index (χ3n) is 7.14. The van der Waals surface area contributed by atoms with Crippen LogP contribution in [0.4, 0.5) is 0 Å². The SMILES string of the molecule is COc1cc(OC)cc(C(CCCCCCCNC(C)C)c2ccc3ncc(-c4cnn(C)c4)cc3c2)c1. The van der Waals surface area contributed by atoms with Gasteiger partial charge in [-0.2, -0.15) is 5.10 Å². The van der Waals surface area contributed by atoms with Crippen LogP contribution in [0.2, 0.25) is 0 Å². The van der Waals surface area contributed by atoms with Crippen LogP contribution in [-0.2, 0) is 7.05 Å². The van der Waals surface area contributed by atoms with Crippen LogP contribution >= 0.6 is 0 Å². The van der Waals surface area contributed by atoms with Crippen molar-refractivity contribution in [1.29, 1.82) is 0 Å². The molecule has 0 aliphatic carbocycles. The quantitative estimate of drug-likeness (QED) is 0.182. The first-order valence-electron chi connectivity index (χ1n) is 13.8. The van der Waals surface area contributed by atoms with Gasteiger partial charge in [0.25, 0.3) is 0 Å². The molecule has 1 atom stereocenters. The fourth-order valence-electron chi connectivity index (χ4n) is 5.05. The molecule has 0 saturated carbocycles. The molecule has 0 saturated heterocycles. The number of benzene rings is 2. The second kappa shape index (κ2) is 13.4. The number of pyridine rings is 1. The number of nitrogens with one attached hydrogen (secondary N) is 1. The van der Waals surface area contributed by atoms with Crippen molar-refractivity contribution in [2.45, 2.75) is 64.3 Å². The molecule has 4 rings (SSSR count). The highest BCUT2D eigenvalue weighted by Gasteiger charge is 2.18. The van der Waals surface area contributed by atoms with Gasteiger partial charge in [0.05, 0.1) is 25.9 Å². The number of unbranched alkanes of at least 4 members (excludes halogenated alkanes) is 4. The van der Waals surface area contributed by atoms with Crippen molar-refractivity contribution in [3.05, 3.63) is 72.2 Å². The standard InChI is InChI=1S/C32H42N4O2/c1-23(2)33-14-10-8-6-7-9-11-31(25-17-29(37-4)19-30(18-25)38-5)24-12-13-32-26(15-24)16-27(20-34-32)28-21-35-36(3)22-28/h12-13,15-23,31,33H,6-11,14H2,1-5H3. The van der Waals surface area contributed by atoms with Crippen LogP contribution in [0.25, 0.3) is 22.0 Å². The summed E-state index contributed by atoms with van der Waals surface area (Å²) in [6, 6.07) is 15.7. The molecule has 0 bridgehead atoms. The number of methoxy groups -OCH3 is 2. The lowest BCUT2D eigenvalue weighted by Gasteiger charge is -2.20. The van der Waals surface area contributed by atoms with Gasteiger partial charge in [0.15, 0.2) is 0 Å². The lowest BCUT2D eigenvalue weighted by molar-refractivity contribution is 0.392. The van der Waals surface area contributed by atoms with Gasteiger partial charge >= 0.3 is 0 Å². The molecule has 6 nitrogen and oxygen atoms in total. The highest BCUT2D eigenvalue weighted by molar-refractivity contribution is 5.84. The Morgan fingerprint density at radius 1 is 0.816 bits per heavy atom. The van der Waals surface area contributed by atoms with E-state index in [-0.39, 0.29) is 5.92 Å². The lowest BCUT2D eigenvalue weighted by atomic mass is 9.85. The van der Waals surface area contributed by atoms with E-state index in [0.717, 1.165) is 46.5 Å². The van der Waals surface area contributed by atoms with E-state index in [4.69, 9.17) is 14.5 Å². The molecule has 0 spiro atoms. The molecule has 1 N–H and O–H groups in total. The Kier molecular flexibility index (Phi) is 9.77. The molecule has 6 heteroatoms. The average molecular weight is 515 g/mol. The Bertz CT molecular complexity index is 1290. The third kappa shape index (κ3) is 7.35. The van der Waals surface area contributed by atoms with E-state index in [2.05, 4.69) is 60.7 Å². The van der Waals surface area contributed by atoms with E-state index in [1.54, 1.807) is 14.2 Å². The molecular weight excluding hydrogens is 472 g/mol. The van der Waals surface area contributed by atoms with Gasteiger partial charge in [-0.15, -0.1) is 0 Å². The van der Waals surface area contributed by atoms with E-state index in [1.807, 2.05) is 36.4 Å². The fraction of sp³-hybridized carbons (Fsp3) is 0.438. The minimum absolute atomic E-state index is 0.244. The average Bonchev–Trinajstić information content (AvgIpc) is 3.37. The van der Waals surface area contributed by atoms with E-state index in [1.165, 1.54) is 43.2 Å². The van der Waals surface area contributed by atoms with Crippen LogP contribution in [0.1, 0.15) is 69.4 Å². The molecule has 2 aromatic heterocycles. The second-order valence-electron chi connectivity index (χ2n) is 10.4. The van der Waals surface area contributed by atoms with Gasteiger partial charge in [-0.05, 0) is 60.8 Å². The largest absolute Gasteiger partial charge is 0.497 e. The van der Waals surface area contributed by atoms with Crippen LogP contribution in [0.5, 0.6) is 11.5 Å². The van der Waals surface area contributed by atoms with E-state index in [0.29, 0.717) is 6.04 Å². The van der Waals surface area contributed by atoms with Crippen molar-refractivity contribution in [2.75, 3.05) is 20.8 Å². The van der Waals surface area contributed by atoms with Crippen molar-refractivity contribution < 1.29 is 9.47 Å². The van der Waals surface area contributed by atoms with E-state index < -0.39 is 0 Å². The van der Waals surface area contributed by atoms with Crippen molar-refractivity contribution >= 4 is 10.9 Å². The number of fused-ring (bicyclic) bond motifs is 1. The number of hydrogen-bond acceptors (Lipinski definition) is 5. The van der Waals surface area contributed by atoms with Crippen LogP contribution in [-0.4, -0.2) is 41.6 Å². The zero-order valence-corrected chi connectivity index (χ0v) is 23.5. The minimum atomic E-state index is 0.244. The third-order valence-corrected chi connectivity index (χ3v) is 7.14. The number of aryl methyl sites for hydroxylation is 1. The molecule has 0 aliphatic rings. The predicted molar refractivity (Wildman–Crippen MR) is 156 cm³/mol. The van der Waals surface area contributed by atoms with Gasteiger partial charge in [0, 0.05) is 54.0 Å². The summed E-state index contributed by atoms with van der Waals surface area (Å²) in [6.07, 6.45) is 13.1. The minimum Gasteiger partial charge on any atom is -0.497 e. The Labute approximate surface area is 227 Å². The molecule has 0 amide bonds. The molecule has 4 aromatic rings. The van der Waals surface area contributed by atoms with Crippen molar-refractivity contribution in [2.24, 2.45) is 7.05 Å². The van der Waals surface area contributed by atoms with Crippen LogP contribution < -0.4 is 14.8 Å². The number of hydrogen-bond donors (Lipinski definition) is 1. The van der Waals surface area contributed by atoms with Crippen molar-refractivity contribution in [3.8, 4) is 22.6 Å². The maximum Gasteiger partial charge on any atom is 0.122 e. The summed E-state index contributed by atoms with van der Waals surface area (Å²) in [5.74, 6) is 1.89. The Morgan fingerprint density at radius 3 is 2.24 bits per heavy atom. The van der Waals surface area contributed by atoms with E-state index >= 15 is 0 Å². The molecule has 0 aliphatic heterocycles. The zero-order valence-electron chi connectivity index (χ0n) is 23.5. The summed E-state index contributed by atoms with van der Waals surface area (Å²) in [5, 5.41) is 8.98. The molecule has 0 radical (unpaired) electrons. The number of nitrogens with zero attached hydrogens (tertiary/aromatic N) is 3. The maximum absolute atomic E-state index is 5.61. The highest BCUT2D eigenvalue weighted by Crippen LogP contribution is 2.36. The predicted octanol–water partition coefficient (Wildman–Crippen LogP) is 7.12. The number of ether oxygens (including phenoxy) is 2. The highest BCUT2D eigenvalue weighted by atomic mass is 16.5. The summed E-state index contributed by atoms with van der Waals surface area (Å²) in [6.45, 7) is 5.52. The molecular formula is C32H42N4O2. The van der Waals surface area contributed by atoms with Crippen LogP contribution in [0, 0.1) is 0 Å². The smallest absolute Gasteiger partial charge is 0.122 e. The van der Waals surface area contributed by atoms with Crippen LogP contribution in [0.15, 0.2) is 61.1 Å². The molecule has 2 aromatic carbocycles. The normalized spacial score (nSPS) is 12.3. The van der Waals surface area contributed by atoms with Gasteiger partial charge in [0.2, 0.25) is 0 Å². The first kappa shape index (κ1) is 27.6. The van der Waals surface area contributed by atoms with Crippen molar-refractivity contribution in [1.82, 2.24) is 20.1 Å². The summed E-state index contributed by atoms with van der Waals surface area (Å²) in [4.78, 5) is 4.73. The fourth-order valence-corrected chi connectivity index (χ4v) is 5.05. The van der Waals surface area contributed by atoms with Gasteiger partial charge < -0.3 is 14.8 Å². The number of aromatic nitrogens is 3. The monoisotopic (exact) mass is 514 g/mol. The van der Waals surface area contributed by atoms with Gasteiger partial charge in [-0.1, -0.05) is 45.6 Å². The molecule has 38 heavy (non-hydrogen) atoms. The summed E-state index contributed by atoms with van der Waals surface area (Å²) >= 11 is 0. The van der Waals surface area contributed by atoms with E-state index in [9.17, 15) is 0 Å².